The maximum Gasteiger partial charge on any atom is 0.506 e. The number of nitrogens with zero attached hydrogens (tertiary/aromatic N) is 2. The number of nitrogen functional groups attached to an aromatic ring is 1. The lowest BCUT2D eigenvalue weighted by Gasteiger charge is -2.22. The molecule has 0 aliphatic carbocycles. The van der Waals surface area contributed by atoms with E-state index in [-0.39, 0.29) is 16.2 Å². The highest BCUT2D eigenvalue weighted by molar-refractivity contribution is 5.89. The maximum absolute atomic E-state index is 12.7. The van der Waals surface area contributed by atoms with Gasteiger partial charge in [-0.3, -0.25) is 0 Å². The van der Waals surface area contributed by atoms with E-state index in [1.54, 1.807) is 0 Å². The molecule has 0 radical (unpaired) electrons. The van der Waals surface area contributed by atoms with Gasteiger partial charge in [-0.2, -0.15) is 9.78 Å². The number of carboxylic acid groups (broad SMARTS) is 1. The van der Waals surface area contributed by atoms with Crippen LogP contribution >= 0.6 is 0 Å². The SMILES string of the molecule is Nc1c(C2CCOCC2)c(C(=O)O)nn1C(F)(F)F. The lowest BCUT2D eigenvalue weighted by Crippen LogP contribution is -2.21. The van der Waals surface area contributed by atoms with Gasteiger partial charge in [-0.05, 0) is 18.8 Å². The molecule has 9 heteroatoms. The number of hydrogen-bond donors (Lipinski definition) is 2. The Morgan fingerprint density at radius 2 is 2.00 bits per heavy atom. The van der Waals surface area contributed by atoms with Crippen LogP contribution in [-0.2, 0) is 11.0 Å². The first-order chi connectivity index (χ1) is 8.82. The lowest BCUT2D eigenvalue weighted by atomic mass is 9.91. The fourth-order valence-electron chi connectivity index (χ4n) is 2.18. The molecular weight excluding hydrogens is 267 g/mol. The number of carbonyl (C=O) groups is 1. The van der Waals surface area contributed by atoms with Gasteiger partial charge in [-0.25, -0.2) is 4.79 Å². The van der Waals surface area contributed by atoms with Gasteiger partial charge in [0.2, 0.25) is 0 Å². The molecule has 1 saturated heterocycles. The second kappa shape index (κ2) is 4.72. The van der Waals surface area contributed by atoms with E-state index in [1.165, 1.54) is 0 Å². The highest BCUT2D eigenvalue weighted by Gasteiger charge is 2.39. The molecule has 6 nitrogen and oxygen atoms in total. The quantitative estimate of drug-likeness (QED) is 0.856. The summed E-state index contributed by atoms with van der Waals surface area (Å²) in [5, 5.41) is 12.1. The van der Waals surface area contributed by atoms with E-state index in [4.69, 9.17) is 15.6 Å². The Morgan fingerprint density at radius 1 is 1.42 bits per heavy atom. The zero-order valence-electron chi connectivity index (χ0n) is 9.78. The van der Waals surface area contributed by atoms with Crippen molar-refractivity contribution in [3.05, 3.63) is 11.3 Å². The molecule has 0 bridgehead atoms. The molecular formula is C10H12F3N3O3. The summed E-state index contributed by atoms with van der Waals surface area (Å²) in [7, 11) is 0. The summed E-state index contributed by atoms with van der Waals surface area (Å²) in [5.74, 6) is -2.55. The molecule has 19 heavy (non-hydrogen) atoms. The molecule has 1 aromatic rings. The van der Waals surface area contributed by atoms with Crippen LogP contribution < -0.4 is 5.73 Å². The van der Waals surface area contributed by atoms with Crippen molar-refractivity contribution in [2.24, 2.45) is 0 Å². The number of ether oxygens (including phenoxy) is 1. The van der Waals surface area contributed by atoms with Gasteiger partial charge in [-0.1, -0.05) is 0 Å². The Morgan fingerprint density at radius 3 is 2.47 bits per heavy atom. The predicted molar refractivity (Wildman–Crippen MR) is 57.7 cm³/mol. The molecule has 0 atom stereocenters. The van der Waals surface area contributed by atoms with Gasteiger partial charge in [0.05, 0.1) is 0 Å². The van der Waals surface area contributed by atoms with Crippen LogP contribution in [0.15, 0.2) is 0 Å². The number of alkyl halides is 3. The van der Waals surface area contributed by atoms with Crippen molar-refractivity contribution in [3.63, 3.8) is 0 Å². The fraction of sp³-hybridized carbons (Fsp3) is 0.600. The van der Waals surface area contributed by atoms with Gasteiger partial charge in [0.1, 0.15) is 5.82 Å². The number of hydrogen-bond acceptors (Lipinski definition) is 4. The summed E-state index contributed by atoms with van der Waals surface area (Å²) >= 11 is 0. The largest absolute Gasteiger partial charge is 0.506 e. The van der Waals surface area contributed by atoms with E-state index < -0.39 is 23.8 Å². The standard InChI is InChI=1S/C10H12F3N3O3/c11-10(12,13)16-8(14)6(7(15-16)9(17)18)5-1-3-19-4-2-5/h5H,1-4,14H2,(H,17,18). The van der Waals surface area contributed by atoms with E-state index in [2.05, 4.69) is 5.10 Å². The third-order valence-corrected chi connectivity index (χ3v) is 3.03. The van der Waals surface area contributed by atoms with Gasteiger partial charge in [0.15, 0.2) is 5.69 Å². The molecule has 3 N–H and O–H groups in total. The third kappa shape index (κ3) is 2.50. The molecule has 0 unspecified atom stereocenters. The molecule has 0 spiro atoms. The smallest absolute Gasteiger partial charge is 0.476 e. The summed E-state index contributed by atoms with van der Waals surface area (Å²) in [6.07, 6.45) is -3.99. The van der Waals surface area contributed by atoms with Gasteiger partial charge < -0.3 is 15.6 Å². The maximum atomic E-state index is 12.7. The molecule has 1 fully saturated rings. The summed E-state index contributed by atoms with van der Waals surface area (Å²) < 4.78 is 42.7. The molecule has 1 aliphatic heterocycles. The Labute approximate surface area is 105 Å². The first kappa shape index (κ1) is 13.7. The van der Waals surface area contributed by atoms with Crippen molar-refractivity contribution in [1.82, 2.24) is 9.78 Å². The van der Waals surface area contributed by atoms with Crippen LogP contribution in [0.3, 0.4) is 0 Å². The second-order valence-corrected chi connectivity index (χ2v) is 4.22. The number of carboxylic acids is 1. The Bertz CT molecular complexity index is 492. The molecule has 1 aromatic heterocycles. The number of halogens is 3. The van der Waals surface area contributed by atoms with Gasteiger partial charge in [0.25, 0.3) is 0 Å². The van der Waals surface area contributed by atoms with Crippen LogP contribution in [0.5, 0.6) is 0 Å². The summed E-state index contributed by atoms with van der Waals surface area (Å²) in [4.78, 5) is 11.0. The Balaban J connectivity index is 2.51. The molecule has 0 saturated carbocycles. The van der Waals surface area contributed by atoms with Crippen LogP contribution in [0.1, 0.15) is 34.8 Å². The molecule has 2 rings (SSSR count). The summed E-state index contributed by atoms with van der Waals surface area (Å²) in [6, 6.07) is 0. The van der Waals surface area contributed by atoms with Crippen molar-refractivity contribution in [3.8, 4) is 0 Å². The summed E-state index contributed by atoms with van der Waals surface area (Å²) in [6.45, 7) is 0.723. The highest BCUT2D eigenvalue weighted by atomic mass is 19.4. The van der Waals surface area contributed by atoms with Crippen LogP contribution in [0.2, 0.25) is 0 Å². The monoisotopic (exact) mass is 279 g/mol. The number of anilines is 1. The highest BCUT2D eigenvalue weighted by Crippen LogP contribution is 2.37. The van der Waals surface area contributed by atoms with Gasteiger partial charge in [-0.15, -0.1) is 13.2 Å². The third-order valence-electron chi connectivity index (χ3n) is 3.03. The minimum absolute atomic E-state index is 0.0480. The Hall–Kier alpha value is -1.77. The van der Waals surface area contributed by atoms with Crippen molar-refractivity contribution in [2.45, 2.75) is 25.1 Å². The van der Waals surface area contributed by atoms with E-state index in [9.17, 15) is 18.0 Å². The number of aromatic nitrogens is 2. The van der Waals surface area contributed by atoms with Crippen LogP contribution in [0.4, 0.5) is 19.0 Å². The lowest BCUT2D eigenvalue weighted by molar-refractivity contribution is -0.210. The number of aromatic carboxylic acids is 1. The van der Waals surface area contributed by atoms with Crippen LogP contribution in [0.25, 0.3) is 0 Å². The molecule has 2 heterocycles. The van der Waals surface area contributed by atoms with Gasteiger partial charge in [0, 0.05) is 18.8 Å². The average molecular weight is 279 g/mol. The Kier molecular flexibility index (Phi) is 3.40. The van der Waals surface area contributed by atoms with E-state index in [0.29, 0.717) is 26.1 Å². The first-order valence-electron chi connectivity index (χ1n) is 5.59. The molecule has 0 amide bonds. The van der Waals surface area contributed by atoms with Crippen molar-refractivity contribution in [2.75, 3.05) is 18.9 Å². The van der Waals surface area contributed by atoms with Crippen LogP contribution in [0, 0.1) is 0 Å². The van der Waals surface area contributed by atoms with Crippen LogP contribution in [-0.4, -0.2) is 34.1 Å². The second-order valence-electron chi connectivity index (χ2n) is 4.22. The predicted octanol–water partition coefficient (Wildman–Crippen LogP) is 1.53. The zero-order chi connectivity index (χ0) is 14.2. The van der Waals surface area contributed by atoms with Gasteiger partial charge >= 0.3 is 12.3 Å². The molecule has 1 aliphatic rings. The topological polar surface area (TPSA) is 90.4 Å². The first-order valence-corrected chi connectivity index (χ1v) is 5.59. The number of rotatable bonds is 2. The molecule has 106 valence electrons. The number of nitrogens with two attached hydrogens (primary N) is 1. The van der Waals surface area contributed by atoms with E-state index in [0.717, 1.165) is 0 Å². The normalized spacial score (nSPS) is 17.6. The fourth-order valence-corrected chi connectivity index (χ4v) is 2.18. The average Bonchev–Trinajstić information content (AvgIpc) is 2.68. The van der Waals surface area contributed by atoms with E-state index >= 15 is 0 Å². The van der Waals surface area contributed by atoms with Crippen molar-refractivity contribution < 1.29 is 27.8 Å². The van der Waals surface area contributed by atoms with E-state index in [1.807, 2.05) is 0 Å². The van der Waals surface area contributed by atoms with Crippen molar-refractivity contribution in [1.29, 1.82) is 0 Å². The minimum atomic E-state index is -4.84. The van der Waals surface area contributed by atoms with Crippen molar-refractivity contribution >= 4 is 11.8 Å². The summed E-state index contributed by atoms with van der Waals surface area (Å²) in [5.41, 5.74) is 4.75. The zero-order valence-corrected chi connectivity index (χ0v) is 9.78. The minimum Gasteiger partial charge on any atom is -0.476 e. The molecule has 0 aromatic carbocycles.